The van der Waals surface area contributed by atoms with Crippen LogP contribution in [0.25, 0.3) is 0 Å². The zero-order valence-corrected chi connectivity index (χ0v) is 10.9. The molecule has 1 saturated heterocycles. The van der Waals surface area contributed by atoms with Crippen molar-refractivity contribution in [2.45, 2.75) is 57.8 Å². The van der Waals surface area contributed by atoms with Crippen LogP contribution in [0.4, 0.5) is 0 Å². The Labute approximate surface area is 103 Å². The van der Waals surface area contributed by atoms with E-state index in [9.17, 15) is 4.79 Å². The third-order valence-electron chi connectivity index (χ3n) is 3.85. The Balaban J connectivity index is 1.90. The summed E-state index contributed by atoms with van der Waals surface area (Å²) in [6, 6.07) is 0.307. The van der Waals surface area contributed by atoms with Crippen LogP contribution in [0.1, 0.15) is 39.5 Å². The van der Waals surface area contributed by atoms with Gasteiger partial charge in [0.15, 0.2) is 0 Å². The Hall–Kier alpha value is -0.610. The Bertz CT molecular complexity index is 265. The summed E-state index contributed by atoms with van der Waals surface area (Å²) >= 11 is 0. The van der Waals surface area contributed by atoms with Gasteiger partial charge in [0, 0.05) is 25.0 Å². The van der Waals surface area contributed by atoms with E-state index in [1.807, 2.05) is 18.7 Å². The molecule has 0 spiro atoms. The Morgan fingerprint density at radius 1 is 1.12 bits per heavy atom. The third-order valence-corrected chi connectivity index (χ3v) is 3.85. The lowest BCUT2D eigenvalue weighted by molar-refractivity contribution is -0.148. The Kier molecular flexibility index (Phi) is 4.05. The molecule has 1 aliphatic heterocycles. The summed E-state index contributed by atoms with van der Waals surface area (Å²) in [4.78, 5) is 14.4. The molecule has 0 aromatic carbocycles. The lowest BCUT2D eigenvalue weighted by atomic mass is 9.85. The van der Waals surface area contributed by atoms with Crippen LogP contribution in [0.2, 0.25) is 0 Å². The predicted molar refractivity (Wildman–Crippen MR) is 66.5 cm³/mol. The molecule has 2 aliphatic rings. The molecule has 2 atom stereocenters. The molecule has 1 aliphatic carbocycles. The fraction of sp³-hybridized carbons (Fsp3) is 0.923. The van der Waals surface area contributed by atoms with Crippen LogP contribution in [0.3, 0.4) is 0 Å². The molecular formula is C13H24N2O2. The number of hydrogen-bond donors (Lipinski definition) is 1. The van der Waals surface area contributed by atoms with Gasteiger partial charge in [0.2, 0.25) is 5.91 Å². The molecule has 98 valence electrons. The number of nitrogens with two attached hydrogens (primary N) is 1. The van der Waals surface area contributed by atoms with E-state index in [0.717, 1.165) is 38.8 Å². The molecule has 0 unspecified atom stereocenters. The van der Waals surface area contributed by atoms with Crippen molar-refractivity contribution in [3.05, 3.63) is 0 Å². The summed E-state index contributed by atoms with van der Waals surface area (Å²) in [6.45, 7) is 5.55. The normalized spacial score (nSPS) is 39.1. The molecule has 1 heterocycles. The van der Waals surface area contributed by atoms with Gasteiger partial charge in [-0.05, 0) is 39.5 Å². The topological polar surface area (TPSA) is 55.6 Å². The fourth-order valence-electron chi connectivity index (χ4n) is 2.98. The first kappa shape index (κ1) is 12.8. The highest BCUT2D eigenvalue weighted by molar-refractivity contribution is 5.79. The summed E-state index contributed by atoms with van der Waals surface area (Å²) in [7, 11) is 0. The highest BCUT2D eigenvalue weighted by Gasteiger charge is 2.32. The van der Waals surface area contributed by atoms with Crippen molar-refractivity contribution < 1.29 is 9.53 Å². The van der Waals surface area contributed by atoms with E-state index in [2.05, 4.69) is 0 Å². The molecule has 0 aromatic rings. The third kappa shape index (κ3) is 3.19. The van der Waals surface area contributed by atoms with E-state index < -0.39 is 0 Å². The molecule has 1 saturated carbocycles. The van der Waals surface area contributed by atoms with Crippen molar-refractivity contribution in [2.75, 3.05) is 13.1 Å². The summed E-state index contributed by atoms with van der Waals surface area (Å²) in [5.74, 6) is 0.520. The van der Waals surface area contributed by atoms with Crippen LogP contribution in [-0.4, -0.2) is 42.1 Å². The van der Waals surface area contributed by atoms with E-state index in [1.165, 1.54) is 0 Å². The summed E-state index contributed by atoms with van der Waals surface area (Å²) in [5.41, 5.74) is 5.87. The van der Waals surface area contributed by atoms with Gasteiger partial charge in [-0.2, -0.15) is 0 Å². The summed E-state index contributed by atoms with van der Waals surface area (Å²) in [6.07, 6.45) is 4.22. The van der Waals surface area contributed by atoms with Crippen LogP contribution < -0.4 is 5.73 Å². The minimum Gasteiger partial charge on any atom is -0.372 e. The van der Waals surface area contributed by atoms with Crippen LogP contribution in [0, 0.1) is 5.92 Å². The number of rotatable bonds is 1. The van der Waals surface area contributed by atoms with Crippen molar-refractivity contribution >= 4 is 5.91 Å². The minimum absolute atomic E-state index is 0.161. The van der Waals surface area contributed by atoms with Crippen molar-refractivity contribution in [1.82, 2.24) is 4.90 Å². The van der Waals surface area contributed by atoms with Gasteiger partial charge < -0.3 is 15.4 Å². The summed E-state index contributed by atoms with van der Waals surface area (Å²) in [5, 5.41) is 0. The molecule has 1 amide bonds. The van der Waals surface area contributed by atoms with Crippen molar-refractivity contribution in [3.8, 4) is 0 Å². The van der Waals surface area contributed by atoms with E-state index >= 15 is 0 Å². The Morgan fingerprint density at radius 3 is 2.18 bits per heavy atom. The van der Waals surface area contributed by atoms with E-state index in [4.69, 9.17) is 10.5 Å². The largest absolute Gasteiger partial charge is 0.372 e. The first-order valence-electron chi connectivity index (χ1n) is 6.76. The van der Waals surface area contributed by atoms with E-state index in [0.29, 0.717) is 11.9 Å². The fourth-order valence-corrected chi connectivity index (χ4v) is 2.98. The number of carbonyl (C=O) groups is 1. The number of ether oxygens (including phenoxy) is 1. The number of amides is 1. The van der Waals surface area contributed by atoms with Crippen molar-refractivity contribution in [1.29, 1.82) is 0 Å². The molecule has 0 radical (unpaired) electrons. The minimum atomic E-state index is 0.161. The van der Waals surface area contributed by atoms with Crippen LogP contribution >= 0.6 is 0 Å². The van der Waals surface area contributed by atoms with Crippen molar-refractivity contribution in [2.24, 2.45) is 11.7 Å². The molecule has 4 nitrogen and oxygen atoms in total. The van der Waals surface area contributed by atoms with Crippen LogP contribution in [0.15, 0.2) is 0 Å². The monoisotopic (exact) mass is 240 g/mol. The first-order valence-corrected chi connectivity index (χ1v) is 6.76. The number of hydrogen-bond acceptors (Lipinski definition) is 3. The SMILES string of the molecule is C[C@@H]1CN(C(=O)C2CCC(N)CC2)C[C@H](C)O1. The number of nitrogens with zero attached hydrogens (tertiary/aromatic N) is 1. The summed E-state index contributed by atoms with van der Waals surface area (Å²) < 4.78 is 5.66. The zero-order valence-electron chi connectivity index (χ0n) is 10.9. The first-order chi connectivity index (χ1) is 8.06. The maximum Gasteiger partial charge on any atom is 0.225 e. The quantitative estimate of drug-likeness (QED) is 0.748. The molecular weight excluding hydrogens is 216 g/mol. The van der Waals surface area contributed by atoms with Gasteiger partial charge in [-0.25, -0.2) is 0 Å². The van der Waals surface area contributed by atoms with Crippen molar-refractivity contribution in [3.63, 3.8) is 0 Å². The molecule has 17 heavy (non-hydrogen) atoms. The van der Waals surface area contributed by atoms with Gasteiger partial charge in [0.1, 0.15) is 0 Å². The smallest absolute Gasteiger partial charge is 0.225 e. The van der Waals surface area contributed by atoms with Crippen LogP contribution in [-0.2, 0) is 9.53 Å². The standard InChI is InChI=1S/C13H24N2O2/c1-9-7-15(8-10(2)17-9)13(16)11-3-5-12(14)6-4-11/h9-12H,3-8,14H2,1-2H3/t9-,10+,11?,12?. The average molecular weight is 240 g/mol. The van der Waals surface area contributed by atoms with Gasteiger partial charge in [-0.1, -0.05) is 0 Å². The molecule has 0 bridgehead atoms. The molecule has 2 fully saturated rings. The second-order valence-electron chi connectivity index (χ2n) is 5.61. The Morgan fingerprint density at radius 2 is 1.65 bits per heavy atom. The maximum absolute atomic E-state index is 12.4. The lowest BCUT2D eigenvalue weighted by Crippen LogP contribution is -2.50. The van der Waals surface area contributed by atoms with Gasteiger partial charge in [0.25, 0.3) is 0 Å². The molecule has 2 N–H and O–H groups in total. The van der Waals surface area contributed by atoms with Gasteiger partial charge in [-0.15, -0.1) is 0 Å². The molecule has 4 heteroatoms. The maximum atomic E-state index is 12.4. The van der Waals surface area contributed by atoms with Crippen LogP contribution in [0.5, 0.6) is 0 Å². The second-order valence-corrected chi connectivity index (χ2v) is 5.61. The highest BCUT2D eigenvalue weighted by atomic mass is 16.5. The lowest BCUT2D eigenvalue weighted by Gasteiger charge is -2.38. The molecule has 2 rings (SSSR count). The van der Waals surface area contributed by atoms with E-state index in [1.54, 1.807) is 0 Å². The average Bonchev–Trinajstić information content (AvgIpc) is 2.28. The van der Waals surface area contributed by atoms with Gasteiger partial charge >= 0.3 is 0 Å². The second kappa shape index (κ2) is 5.36. The van der Waals surface area contributed by atoms with Gasteiger partial charge in [-0.3, -0.25) is 4.79 Å². The zero-order chi connectivity index (χ0) is 12.4. The highest BCUT2D eigenvalue weighted by Crippen LogP contribution is 2.26. The van der Waals surface area contributed by atoms with Gasteiger partial charge in [0.05, 0.1) is 12.2 Å². The predicted octanol–water partition coefficient (Wildman–Crippen LogP) is 1.14. The molecule has 0 aromatic heterocycles. The number of carbonyl (C=O) groups excluding carboxylic acids is 1. The number of morpholine rings is 1. The van der Waals surface area contributed by atoms with E-state index in [-0.39, 0.29) is 18.1 Å².